The Hall–Kier alpha value is -1.67. The summed E-state index contributed by atoms with van der Waals surface area (Å²) in [6.45, 7) is 15.3. The topological polar surface area (TPSA) is 37.3 Å². The fraction of sp³-hybridized carbons (Fsp3) is 0.593. The molecule has 1 aliphatic carbocycles. The van der Waals surface area contributed by atoms with E-state index in [0.29, 0.717) is 19.3 Å². The summed E-state index contributed by atoms with van der Waals surface area (Å²) in [4.78, 5) is 11.4. The van der Waals surface area contributed by atoms with E-state index in [9.17, 15) is 9.90 Å². The van der Waals surface area contributed by atoms with Gasteiger partial charge in [-0.2, -0.15) is 0 Å². The quantitative estimate of drug-likeness (QED) is 0.385. The first-order chi connectivity index (χ1) is 13.5. The van der Waals surface area contributed by atoms with E-state index in [4.69, 9.17) is 0 Å². The number of ketones is 1. The minimum absolute atomic E-state index is 0.116. The van der Waals surface area contributed by atoms with Crippen molar-refractivity contribution in [3.8, 4) is 0 Å². The van der Waals surface area contributed by atoms with Gasteiger partial charge >= 0.3 is 0 Å². The van der Waals surface area contributed by atoms with Crippen molar-refractivity contribution in [2.45, 2.75) is 105 Å². The lowest BCUT2D eigenvalue weighted by Crippen LogP contribution is -2.30. The Morgan fingerprint density at radius 1 is 1.00 bits per heavy atom. The molecule has 0 aromatic rings. The third-order valence-corrected chi connectivity index (χ3v) is 5.98. The Morgan fingerprint density at radius 3 is 2.24 bits per heavy atom. The molecule has 2 nitrogen and oxygen atoms in total. The number of hydrogen-bond donors (Lipinski definition) is 1. The number of allylic oxidation sites excluding steroid dienone is 8. The van der Waals surface area contributed by atoms with Crippen LogP contribution < -0.4 is 0 Å². The smallest absolute Gasteiger partial charge is 0.155 e. The molecule has 29 heavy (non-hydrogen) atoms. The maximum atomic E-state index is 11.4. The average Bonchev–Trinajstić information content (AvgIpc) is 2.63. The van der Waals surface area contributed by atoms with Crippen molar-refractivity contribution in [2.24, 2.45) is 0 Å². The molecule has 1 aliphatic rings. The van der Waals surface area contributed by atoms with E-state index in [1.54, 1.807) is 12.2 Å². The predicted molar refractivity (Wildman–Crippen MR) is 126 cm³/mol. The summed E-state index contributed by atoms with van der Waals surface area (Å²) in [7, 11) is 0. The van der Waals surface area contributed by atoms with Crippen LogP contribution in [0.15, 0.2) is 57.7 Å². The molecule has 162 valence electrons. The van der Waals surface area contributed by atoms with Crippen LogP contribution in [0.5, 0.6) is 0 Å². The summed E-state index contributed by atoms with van der Waals surface area (Å²) in [6.07, 6.45) is 14.9. The Balaban J connectivity index is 2.65. The predicted octanol–water partition coefficient (Wildman–Crippen LogP) is 7.56. The molecule has 1 unspecified atom stereocenters. The van der Waals surface area contributed by atoms with Gasteiger partial charge in [0, 0.05) is 12.8 Å². The normalized spacial score (nSPS) is 20.4. The highest BCUT2D eigenvalue weighted by atomic mass is 16.3. The summed E-state index contributed by atoms with van der Waals surface area (Å²) in [5, 5.41) is 10.7. The minimum atomic E-state index is -0.857. The monoisotopic (exact) mass is 398 g/mol. The minimum Gasteiger partial charge on any atom is -0.385 e. The molecule has 0 aromatic carbocycles. The molecule has 1 atom stereocenters. The van der Waals surface area contributed by atoms with Crippen LogP contribution in [0.3, 0.4) is 0 Å². The number of aliphatic hydroxyl groups is 1. The number of hydrogen-bond acceptors (Lipinski definition) is 2. The van der Waals surface area contributed by atoms with Crippen molar-refractivity contribution in [1.29, 1.82) is 0 Å². The van der Waals surface area contributed by atoms with Crippen molar-refractivity contribution in [3.63, 3.8) is 0 Å². The van der Waals surface area contributed by atoms with Crippen molar-refractivity contribution in [1.82, 2.24) is 0 Å². The van der Waals surface area contributed by atoms with Crippen molar-refractivity contribution < 1.29 is 9.90 Å². The van der Waals surface area contributed by atoms with E-state index in [0.717, 1.165) is 32.1 Å². The number of carbonyl (C=O) groups excluding carboxylic acids is 1. The van der Waals surface area contributed by atoms with Gasteiger partial charge in [-0.1, -0.05) is 45.6 Å². The third-order valence-electron chi connectivity index (χ3n) is 5.98. The van der Waals surface area contributed by atoms with Crippen LogP contribution in [-0.4, -0.2) is 16.5 Å². The van der Waals surface area contributed by atoms with Crippen LogP contribution in [-0.2, 0) is 4.79 Å². The molecule has 0 radical (unpaired) electrons. The average molecular weight is 399 g/mol. The standard InChI is InChI=1S/C27H42O2/c1-20(2)9-8-10-22(5)11-13-25(21(3)4)14-12-23(6)24(7)19-27(29)17-15-26(28)16-18-27/h9,11,15,17,29H,8,10,12-14,16,18-19H2,1-7H3. The van der Waals surface area contributed by atoms with E-state index in [-0.39, 0.29) is 5.78 Å². The molecule has 0 fully saturated rings. The maximum absolute atomic E-state index is 11.4. The zero-order valence-corrected chi connectivity index (χ0v) is 19.8. The van der Waals surface area contributed by atoms with Crippen LogP contribution in [0.4, 0.5) is 0 Å². The Morgan fingerprint density at radius 2 is 1.69 bits per heavy atom. The van der Waals surface area contributed by atoms with Gasteiger partial charge < -0.3 is 5.11 Å². The molecule has 1 N–H and O–H groups in total. The fourth-order valence-electron chi connectivity index (χ4n) is 3.61. The first kappa shape index (κ1) is 25.4. The van der Waals surface area contributed by atoms with E-state index in [1.165, 1.54) is 33.4 Å². The molecular weight excluding hydrogens is 356 g/mol. The van der Waals surface area contributed by atoms with Crippen LogP contribution in [0, 0.1) is 0 Å². The van der Waals surface area contributed by atoms with Crippen molar-refractivity contribution >= 4 is 5.78 Å². The summed E-state index contributed by atoms with van der Waals surface area (Å²) in [5.74, 6) is 0.116. The SMILES string of the molecule is CC(C)=CCCC(C)=CCC(CCC(C)=C(C)CC1(O)C=CC(=O)CC1)=C(C)C. The van der Waals surface area contributed by atoms with E-state index in [1.807, 2.05) is 0 Å². The molecule has 2 heteroatoms. The summed E-state index contributed by atoms with van der Waals surface area (Å²) < 4.78 is 0. The van der Waals surface area contributed by atoms with Gasteiger partial charge in [-0.15, -0.1) is 0 Å². The molecule has 0 aliphatic heterocycles. The summed E-state index contributed by atoms with van der Waals surface area (Å²) in [5.41, 5.74) is 7.52. The van der Waals surface area contributed by atoms with Gasteiger partial charge in [-0.3, -0.25) is 4.79 Å². The first-order valence-electron chi connectivity index (χ1n) is 11.1. The summed E-state index contributed by atoms with van der Waals surface area (Å²) >= 11 is 0. The molecular formula is C27H42O2. The van der Waals surface area contributed by atoms with Crippen LogP contribution in [0.2, 0.25) is 0 Å². The molecule has 0 saturated carbocycles. The largest absolute Gasteiger partial charge is 0.385 e. The highest BCUT2D eigenvalue weighted by Gasteiger charge is 2.28. The van der Waals surface area contributed by atoms with Gasteiger partial charge in [0.1, 0.15) is 0 Å². The first-order valence-corrected chi connectivity index (χ1v) is 11.1. The molecule has 0 bridgehead atoms. The molecule has 1 rings (SSSR count). The lowest BCUT2D eigenvalue weighted by molar-refractivity contribution is -0.116. The van der Waals surface area contributed by atoms with Gasteiger partial charge in [-0.05, 0) is 99.1 Å². The van der Waals surface area contributed by atoms with E-state index >= 15 is 0 Å². The van der Waals surface area contributed by atoms with Gasteiger partial charge in [0.2, 0.25) is 0 Å². The lowest BCUT2D eigenvalue weighted by Gasteiger charge is -2.28. The second-order valence-corrected chi connectivity index (χ2v) is 9.32. The Labute approximate surface area is 179 Å². The maximum Gasteiger partial charge on any atom is 0.155 e. The van der Waals surface area contributed by atoms with Crippen LogP contribution in [0.1, 0.15) is 99.8 Å². The number of carbonyl (C=O) groups is 1. The molecule has 0 spiro atoms. The highest BCUT2D eigenvalue weighted by molar-refractivity contribution is 5.90. The van der Waals surface area contributed by atoms with E-state index < -0.39 is 5.60 Å². The molecule has 0 saturated heterocycles. The Kier molecular flexibility index (Phi) is 10.6. The fourth-order valence-corrected chi connectivity index (χ4v) is 3.61. The number of rotatable bonds is 10. The van der Waals surface area contributed by atoms with Crippen molar-refractivity contribution in [2.75, 3.05) is 0 Å². The van der Waals surface area contributed by atoms with Crippen LogP contribution in [0.25, 0.3) is 0 Å². The Bertz CT molecular complexity index is 720. The van der Waals surface area contributed by atoms with Gasteiger partial charge in [0.15, 0.2) is 5.78 Å². The zero-order chi connectivity index (χ0) is 22.0. The molecule has 0 aromatic heterocycles. The summed E-state index contributed by atoms with van der Waals surface area (Å²) in [6, 6.07) is 0. The van der Waals surface area contributed by atoms with Gasteiger partial charge in [-0.25, -0.2) is 0 Å². The highest BCUT2D eigenvalue weighted by Crippen LogP contribution is 2.30. The second kappa shape index (κ2) is 12.1. The zero-order valence-electron chi connectivity index (χ0n) is 19.8. The van der Waals surface area contributed by atoms with Gasteiger partial charge in [0.25, 0.3) is 0 Å². The van der Waals surface area contributed by atoms with Gasteiger partial charge in [0.05, 0.1) is 5.60 Å². The lowest BCUT2D eigenvalue weighted by atomic mass is 9.83. The molecule has 0 heterocycles. The van der Waals surface area contributed by atoms with E-state index in [2.05, 4.69) is 60.6 Å². The van der Waals surface area contributed by atoms with Crippen molar-refractivity contribution in [3.05, 3.63) is 57.7 Å². The third kappa shape index (κ3) is 10.1. The molecule has 0 amide bonds. The second-order valence-electron chi connectivity index (χ2n) is 9.32. The van der Waals surface area contributed by atoms with Crippen LogP contribution >= 0.6 is 0 Å².